The van der Waals surface area contributed by atoms with Gasteiger partial charge >= 0.3 is 0 Å². The standard InChI is InChI=1S/C20H18N4O4S/c1-12-10-17(28-23-12)22-18(25)13(2)29-20-21-16-8-4-3-7-15(16)19(26)24(20)11-14-6-5-9-27-14/h3-10,13H,11H2,1-2H3,(H,22,25). The number of thioether (sulfide) groups is 1. The molecule has 0 saturated carbocycles. The summed E-state index contributed by atoms with van der Waals surface area (Å²) < 4.78 is 12.0. The minimum atomic E-state index is -0.531. The highest BCUT2D eigenvalue weighted by Crippen LogP contribution is 2.24. The van der Waals surface area contributed by atoms with E-state index in [0.29, 0.717) is 27.5 Å². The van der Waals surface area contributed by atoms with Crippen LogP contribution in [0.4, 0.5) is 5.88 Å². The Hall–Kier alpha value is -3.33. The maximum atomic E-state index is 13.1. The first-order chi connectivity index (χ1) is 14.0. The molecular formula is C20H18N4O4S. The molecule has 0 aliphatic rings. The maximum Gasteiger partial charge on any atom is 0.262 e. The van der Waals surface area contributed by atoms with Gasteiger partial charge in [-0.15, -0.1) is 0 Å². The number of fused-ring (bicyclic) bond motifs is 1. The van der Waals surface area contributed by atoms with Gasteiger partial charge in [0.05, 0.1) is 34.7 Å². The van der Waals surface area contributed by atoms with E-state index in [4.69, 9.17) is 8.94 Å². The third-order valence-corrected chi connectivity index (χ3v) is 5.34. The number of hydrogen-bond donors (Lipinski definition) is 1. The van der Waals surface area contributed by atoms with E-state index in [1.807, 2.05) is 6.07 Å². The minimum Gasteiger partial charge on any atom is -0.467 e. The van der Waals surface area contributed by atoms with Gasteiger partial charge in [-0.3, -0.25) is 19.5 Å². The fraction of sp³-hybridized carbons (Fsp3) is 0.200. The van der Waals surface area contributed by atoms with E-state index in [1.165, 1.54) is 16.3 Å². The van der Waals surface area contributed by atoms with Gasteiger partial charge in [0.15, 0.2) is 5.16 Å². The summed E-state index contributed by atoms with van der Waals surface area (Å²) in [5, 5.41) is 6.84. The van der Waals surface area contributed by atoms with Crippen molar-refractivity contribution >= 4 is 34.5 Å². The Bertz CT molecular complexity index is 1210. The average Bonchev–Trinajstić information content (AvgIpc) is 3.36. The molecule has 1 unspecified atom stereocenters. The number of aryl methyl sites for hydroxylation is 1. The molecule has 0 aliphatic carbocycles. The normalized spacial score (nSPS) is 12.2. The number of rotatable bonds is 6. The molecule has 0 fully saturated rings. The Labute approximate surface area is 169 Å². The molecule has 148 valence electrons. The van der Waals surface area contributed by atoms with Crippen LogP contribution in [-0.4, -0.2) is 25.9 Å². The number of aromatic nitrogens is 3. The highest BCUT2D eigenvalue weighted by Gasteiger charge is 2.21. The maximum absolute atomic E-state index is 13.1. The molecule has 1 N–H and O–H groups in total. The van der Waals surface area contributed by atoms with Crippen molar-refractivity contribution < 1.29 is 13.7 Å². The highest BCUT2D eigenvalue weighted by molar-refractivity contribution is 8.00. The average molecular weight is 410 g/mol. The SMILES string of the molecule is Cc1cc(NC(=O)C(C)Sc2nc3ccccc3c(=O)n2Cc2ccco2)on1. The van der Waals surface area contributed by atoms with E-state index in [2.05, 4.69) is 15.5 Å². The lowest BCUT2D eigenvalue weighted by Gasteiger charge is -2.15. The fourth-order valence-corrected chi connectivity index (χ4v) is 3.70. The van der Waals surface area contributed by atoms with E-state index < -0.39 is 5.25 Å². The van der Waals surface area contributed by atoms with Crippen LogP contribution in [0.15, 0.2) is 67.6 Å². The zero-order chi connectivity index (χ0) is 20.4. The Balaban J connectivity index is 1.65. The van der Waals surface area contributed by atoms with Crippen LogP contribution in [0.25, 0.3) is 10.9 Å². The van der Waals surface area contributed by atoms with Crippen LogP contribution in [0.5, 0.6) is 0 Å². The van der Waals surface area contributed by atoms with E-state index in [0.717, 1.165) is 0 Å². The molecule has 0 saturated heterocycles. The van der Waals surface area contributed by atoms with Gasteiger partial charge < -0.3 is 8.94 Å². The largest absolute Gasteiger partial charge is 0.467 e. The second-order valence-corrected chi connectivity index (χ2v) is 7.77. The predicted octanol–water partition coefficient (Wildman–Crippen LogP) is 3.45. The van der Waals surface area contributed by atoms with Crippen LogP contribution in [0.1, 0.15) is 18.4 Å². The highest BCUT2D eigenvalue weighted by atomic mass is 32.2. The molecule has 8 nitrogen and oxygen atoms in total. The van der Waals surface area contributed by atoms with Crippen molar-refractivity contribution in [1.82, 2.24) is 14.7 Å². The lowest BCUT2D eigenvalue weighted by Crippen LogP contribution is -2.27. The van der Waals surface area contributed by atoms with Crippen LogP contribution >= 0.6 is 11.8 Å². The topological polar surface area (TPSA) is 103 Å². The first-order valence-corrected chi connectivity index (χ1v) is 9.82. The molecule has 0 radical (unpaired) electrons. The predicted molar refractivity (Wildman–Crippen MR) is 109 cm³/mol. The number of benzene rings is 1. The van der Waals surface area contributed by atoms with E-state index in [9.17, 15) is 9.59 Å². The number of carbonyl (C=O) groups excluding carboxylic acids is 1. The molecule has 1 aromatic carbocycles. The van der Waals surface area contributed by atoms with Crippen molar-refractivity contribution in [2.75, 3.05) is 5.32 Å². The summed E-state index contributed by atoms with van der Waals surface area (Å²) in [5.74, 6) is 0.623. The van der Waals surface area contributed by atoms with Gasteiger partial charge in [0.1, 0.15) is 5.76 Å². The lowest BCUT2D eigenvalue weighted by atomic mass is 10.2. The molecule has 3 heterocycles. The van der Waals surface area contributed by atoms with Crippen molar-refractivity contribution in [3.8, 4) is 0 Å². The zero-order valence-electron chi connectivity index (χ0n) is 15.8. The summed E-state index contributed by atoms with van der Waals surface area (Å²) in [6.07, 6.45) is 1.55. The van der Waals surface area contributed by atoms with E-state index >= 15 is 0 Å². The second-order valence-electron chi connectivity index (χ2n) is 6.46. The molecule has 0 spiro atoms. The number of carbonyl (C=O) groups is 1. The summed E-state index contributed by atoms with van der Waals surface area (Å²) in [5.41, 5.74) is 1.06. The number of nitrogens with one attached hydrogen (secondary N) is 1. The summed E-state index contributed by atoms with van der Waals surface area (Å²) >= 11 is 1.19. The minimum absolute atomic E-state index is 0.187. The van der Waals surface area contributed by atoms with Gasteiger partial charge in [0, 0.05) is 6.07 Å². The quantitative estimate of drug-likeness (QED) is 0.383. The number of para-hydroxylation sites is 1. The van der Waals surface area contributed by atoms with Crippen LogP contribution in [0.2, 0.25) is 0 Å². The van der Waals surface area contributed by atoms with Crippen LogP contribution in [0.3, 0.4) is 0 Å². The first kappa shape index (κ1) is 19.0. The van der Waals surface area contributed by atoms with Crippen molar-refractivity contribution in [1.29, 1.82) is 0 Å². The number of furan rings is 1. The molecule has 1 atom stereocenters. The Morgan fingerprint density at radius 1 is 1.28 bits per heavy atom. The smallest absolute Gasteiger partial charge is 0.262 e. The molecule has 29 heavy (non-hydrogen) atoms. The molecule has 4 aromatic rings. The molecular weight excluding hydrogens is 392 g/mol. The van der Waals surface area contributed by atoms with Crippen LogP contribution in [0, 0.1) is 6.92 Å². The number of amides is 1. The van der Waals surface area contributed by atoms with Gasteiger partial charge in [-0.05, 0) is 38.1 Å². The summed E-state index contributed by atoms with van der Waals surface area (Å²) in [6, 6.07) is 12.3. The second kappa shape index (κ2) is 7.96. The Kier molecular flexibility index (Phi) is 5.22. The van der Waals surface area contributed by atoms with Crippen LogP contribution < -0.4 is 10.9 Å². The summed E-state index contributed by atoms with van der Waals surface area (Å²) in [6.45, 7) is 3.73. The number of hydrogen-bond acceptors (Lipinski definition) is 7. The van der Waals surface area contributed by atoms with Gasteiger partial charge in [-0.1, -0.05) is 29.1 Å². The molecule has 1 amide bonds. The summed E-state index contributed by atoms with van der Waals surface area (Å²) in [7, 11) is 0. The van der Waals surface area contributed by atoms with Gasteiger partial charge in [-0.25, -0.2) is 4.98 Å². The van der Waals surface area contributed by atoms with Crippen molar-refractivity contribution in [2.24, 2.45) is 0 Å². The number of nitrogens with zero attached hydrogens (tertiary/aromatic N) is 3. The molecule has 0 aliphatic heterocycles. The van der Waals surface area contributed by atoms with Gasteiger partial charge in [-0.2, -0.15) is 0 Å². The Morgan fingerprint density at radius 3 is 2.83 bits per heavy atom. The van der Waals surface area contributed by atoms with Gasteiger partial charge in [0.2, 0.25) is 11.8 Å². The van der Waals surface area contributed by atoms with Crippen molar-refractivity contribution in [2.45, 2.75) is 30.8 Å². The first-order valence-electron chi connectivity index (χ1n) is 8.94. The van der Waals surface area contributed by atoms with Crippen molar-refractivity contribution in [3.63, 3.8) is 0 Å². The van der Waals surface area contributed by atoms with E-state index in [1.54, 1.807) is 56.5 Å². The summed E-state index contributed by atoms with van der Waals surface area (Å²) in [4.78, 5) is 30.2. The van der Waals surface area contributed by atoms with Crippen molar-refractivity contribution in [3.05, 3.63) is 70.5 Å². The van der Waals surface area contributed by atoms with E-state index in [-0.39, 0.29) is 23.9 Å². The lowest BCUT2D eigenvalue weighted by molar-refractivity contribution is -0.115. The fourth-order valence-electron chi connectivity index (χ4n) is 2.79. The number of anilines is 1. The third-order valence-electron chi connectivity index (χ3n) is 4.25. The molecule has 3 aromatic heterocycles. The van der Waals surface area contributed by atoms with Crippen LogP contribution in [-0.2, 0) is 11.3 Å². The third kappa shape index (κ3) is 4.09. The molecule has 9 heteroatoms. The molecule has 0 bridgehead atoms. The Morgan fingerprint density at radius 2 is 2.10 bits per heavy atom. The molecule has 4 rings (SSSR count). The zero-order valence-corrected chi connectivity index (χ0v) is 16.6. The van der Waals surface area contributed by atoms with Gasteiger partial charge in [0.25, 0.3) is 5.56 Å². The monoisotopic (exact) mass is 410 g/mol.